The molecule has 1 heterocycles. The van der Waals surface area contributed by atoms with E-state index in [1.54, 1.807) is 0 Å². The van der Waals surface area contributed by atoms with Gasteiger partial charge in [0.1, 0.15) is 0 Å². The molecule has 3 rings (SSSR count). The van der Waals surface area contributed by atoms with Gasteiger partial charge in [-0.25, -0.2) is 0 Å². The first-order valence-electron chi connectivity index (χ1n) is 8.16. The van der Waals surface area contributed by atoms with Gasteiger partial charge in [-0.1, -0.05) is 65.9 Å². The van der Waals surface area contributed by atoms with Crippen LogP contribution in [0.1, 0.15) is 41.9 Å². The Kier molecular flexibility index (Phi) is 4.97. The highest BCUT2D eigenvalue weighted by Crippen LogP contribution is 2.30. The van der Waals surface area contributed by atoms with Gasteiger partial charge in [-0.15, -0.1) is 0 Å². The van der Waals surface area contributed by atoms with E-state index in [0.717, 1.165) is 16.1 Å². The number of thiazole rings is 1. The minimum Gasteiger partial charge on any atom is -0.312 e. The SMILES string of the molecule is Cc1ccccc1C(C)NC(C)c1sc(=O)[nH]c1-c1ccccc1. The van der Waals surface area contributed by atoms with E-state index in [2.05, 4.69) is 55.3 Å². The van der Waals surface area contributed by atoms with Gasteiger partial charge in [-0.2, -0.15) is 0 Å². The Morgan fingerprint density at radius 2 is 1.62 bits per heavy atom. The molecule has 24 heavy (non-hydrogen) atoms. The molecule has 3 aromatic rings. The van der Waals surface area contributed by atoms with Crippen LogP contribution in [0, 0.1) is 6.92 Å². The summed E-state index contributed by atoms with van der Waals surface area (Å²) in [5, 5.41) is 3.63. The number of aromatic nitrogens is 1. The lowest BCUT2D eigenvalue weighted by atomic mass is 10.0. The van der Waals surface area contributed by atoms with Crippen molar-refractivity contribution in [2.45, 2.75) is 32.9 Å². The summed E-state index contributed by atoms with van der Waals surface area (Å²) in [7, 11) is 0. The van der Waals surface area contributed by atoms with E-state index in [4.69, 9.17) is 0 Å². The van der Waals surface area contributed by atoms with Gasteiger partial charge in [0.2, 0.25) is 0 Å². The normalized spacial score (nSPS) is 13.6. The molecular formula is C20H22N2OS. The highest BCUT2D eigenvalue weighted by Gasteiger charge is 2.19. The maximum Gasteiger partial charge on any atom is 0.305 e. The molecule has 0 saturated heterocycles. The maximum atomic E-state index is 11.9. The standard InChI is InChI=1S/C20H22N2OS/c1-13-9-7-8-12-17(13)14(2)21-15(3)19-18(22-20(23)24-19)16-10-5-4-6-11-16/h4-12,14-15,21H,1-3H3,(H,22,23). The van der Waals surface area contributed by atoms with Crippen molar-refractivity contribution < 1.29 is 0 Å². The van der Waals surface area contributed by atoms with Gasteiger partial charge in [0.25, 0.3) is 0 Å². The molecule has 2 unspecified atom stereocenters. The third-order valence-electron chi connectivity index (χ3n) is 4.29. The van der Waals surface area contributed by atoms with Gasteiger partial charge in [-0.3, -0.25) is 4.79 Å². The van der Waals surface area contributed by atoms with Crippen LogP contribution >= 0.6 is 11.3 Å². The van der Waals surface area contributed by atoms with Crippen LogP contribution < -0.4 is 10.2 Å². The molecular weight excluding hydrogens is 316 g/mol. The number of benzene rings is 2. The smallest absolute Gasteiger partial charge is 0.305 e. The Bertz CT molecular complexity index is 867. The fourth-order valence-electron chi connectivity index (χ4n) is 3.08. The summed E-state index contributed by atoms with van der Waals surface area (Å²) in [4.78, 5) is 16.0. The second-order valence-electron chi connectivity index (χ2n) is 6.09. The van der Waals surface area contributed by atoms with Crippen LogP contribution in [0.4, 0.5) is 0 Å². The van der Waals surface area contributed by atoms with Gasteiger partial charge in [0, 0.05) is 12.1 Å². The average Bonchev–Trinajstić information content (AvgIpc) is 2.98. The van der Waals surface area contributed by atoms with Crippen LogP contribution in [0.5, 0.6) is 0 Å². The first kappa shape index (κ1) is 16.7. The molecule has 0 radical (unpaired) electrons. The van der Waals surface area contributed by atoms with Gasteiger partial charge < -0.3 is 10.3 Å². The predicted octanol–water partition coefficient (Wildman–Crippen LogP) is 4.82. The lowest BCUT2D eigenvalue weighted by Gasteiger charge is -2.21. The van der Waals surface area contributed by atoms with Crippen molar-refractivity contribution in [3.63, 3.8) is 0 Å². The molecule has 0 aliphatic carbocycles. The fraction of sp³-hybridized carbons (Fsp3) is 0.250. The molecule has 1 aromatic heterocycles. The largest absolute Gasteiger partial charge is 0.312 e. The maximum absolute atomic E-state index is 11.9. The number of hydrogen-bond acceptors (Lipinski definition) is 3. The van der Waals surface area contributed by atoms with Crippen LogP contribution in [0.15, 0.2) is 59.4 Å². The number of nitrogens with one attached hydrogen (secondary N) is 2. The molecule has 0 aliphatic heterocycles. The summed E-state index contributed by atoms with van der Waals surface area (Å²) in [5.74, 6) is 0. The molecule has 124 valence electrons. The number of aryl methyl sites for hydroxylation is 1. The van der Waals surface area contributed by atoms with E-state index in [9.17, 15) is 4.79 Å². The zero-order valence-corrected chi connectivity index (χ0v) is 15.0. The minimum absolute atomic E-state index is 0.0129. The monoisotopic (exact) mass is 338 g/mol. The Labute approximate surface area is 146 Å². The van der Waals surface area contributed by atoms with Crippen molar-refractivity contribution in [2.75, 3.05) is 0 Å². The molecule has 4 heteroatoms. The summed E-state index contributed by atoms with van der Waals surface area (Å²) < 4.78 is 0. The van der Waals surface area contributed by atoms with Crippen molar-refractivity contribution in [3.05, 3.63) is 80.3 Å². The van der Waals surface area contributed by atoms with Gasteiger partial charge in [0.05, 0.1) is 10.6 Å². The minimum atomic E-state index is -0.0129. The molecule has 2 N–H and O–H groups in total. The highest BCUT2D eigenvalue weighted by atomic mass is 32.1. The van der Waals surface area contributed by atoms with Gasteiger partial charge in [0.15, 0.2) is 0 Å². The summed E-state index contributed by atoms with van der Waals surface area (Å²) in [5.41, 5.74) is 4.52. The van der Waals surface area contributed by atoms with Crippen molar-refractivity contribution in [3.8, 4) is 11.3 Å². The van der Waals surface area contributed by atoms with E-state index in [1.807, 2.05) is 30.3 Å². The van der Waals surface area contributed by atoms with Crippen LogP contribution in [0.25, 0.3) is 11.3 Å². The Balaban J connectivity index is 1.87. The summed E-state index contributed by atoms with van der Waals surface area (Å²) >= 11 is 1.29. The van der Waals surface area contributed by atoms with Gasteiger partial charge in [-0.05, 0) is 37.5 Å². The molecule has 0 aliphatic rings. The quantitative estimate of drug-likeness (QED) is 0.700. The molecule has 0 saturated carbocycles. The lowest BCUT2D eigenvalue weighted by molar-refractivity contribution is 0.499. The fourth-order valence-corrected chi connectivity index (χ4v) is 3.95. The summed E-state index contributed by atoms with van der Waals surface area (Å²) in [6, 6.07) is 18.7. The summed E-state index contributed by atoms with van der Waals surface area (Å²) in [6.07, 6.45) is 0. The molecule has 2 atom stereocenters. The Morgan fingerprint density at radius 3 is 2.33 bits per heavy atom. The number of rotatable bonds is 5. The van der Waals surface area contributed by atoms with Crippen molar-refractivity contribution in [1.29, 1.82) is 0 Å². The highest BCUT2D eigenvalue weighted by molar-refractivity contribution is 7.09. The molecule has 0 spiro atoms. The molecule has 3 nitrogen and oxygen atoms in total. The number of H-pyrrole nitrogens is 1. The van der Waals surface area contributed by atoms with Crippen molar-refractivity contribution in [1.82, 2.24) is 10.3 Å². The van der Waals surface area contributed by atoms with Crippen molar-refractivity contribution in [2.24, 2.45) is 0 Å². The molecule has 0 fully saturated rings. The lowest BCUT2D eigenvalue weighted by Crippen LogP contribution is -2.22. The van der Waals surface area contributed by atoms with E-state index in [-0.39, 0.29) is 17.0 Å². The third kappa shape index (κ3) is 3.50. The van der Waals surface area contributed by atoms with Gasteiger partial charge >= 0.3 is 4.87 Å². The van der Waals surface area contributed by atoms with E-state index < -0.39 is 0 Å². The first-order chi connectivity index (χ1) is 11.6. The van der Waals surface area contributed by atoms with E-state index >= 15 is 0 Å². The molecule has 2 aromatic carbocycles. The second kappa shape index (κ2) is 7.16. The molecule has 0 amide bonds. The van der Waals surface area contributed by atoms with E-state index in [0.29, 0.717) is 0 Å². The van der Waals surface area contributed by atoms with E-state index in [1.165, 1.54) is 22.5 Å². The number of aromatic amines is 1. The Hall–Kier alpha value is -2.17. The van der Waals surface area contributed by atoms with Crippen LogP contribution in [-0.4, -0.2) is 4.98 Å². The third-order valence-corrected chi connectivity index (χ3v) is 5.35. The zero-order chi connectivity index (χ0) is 17.1. The topological polar surface area (TPSA) is 44.9 Å². The Morgan fingerprint density at radius 1 is 0.958 bits per heavy atom. The van der Waals surface area contributed by atoms with Crippen LogP contribution in [0.2, 0.25) is 0 Å². The van der Waals surface area contributed by atoms with Crippen molar-refractivity contribution >= 4 is 11.3 Å². The average molecular weight is 338 g/mol. The summed E-state index contributed by atoms with van der Waals surface area (Å²) in [6.45, 7) is 6.40. The zero-order valence-electron chi connectivity index (χ0n) is 14.2. The van der Waals surface area contributed by atoms with Crippen LogP contribution in [-0.2, 0) is 0 Å². The first-order valence-corrected chi connectivity index (χ1v) is 8.98. The number of hydrogen-bond donors (Lipinski definition) is 2. The predicted molar refractivity (Wildman–Crippen MR) is 102 cm³/mol. The second-order valence-corrected chi connectivity index (χ2v) is 7.10. The molecule has 0 bridgehead atoms. The van der Waals surface area contributed by atoms with Crippen LogP contribution in [0.3, 0.4) is 0 Å².